The summed E-state index contributed by atoms with van der Waals surface area (Å²) >= 11 is 0. The minimum atomic E-state index is -0.403. The van der Waals surface area contributed by atoms with Crippen LogP contribution in [0.25, 0.3) is 0 Å². The van der Waals surface area contributed by atoms with E-state index in [0.29, 0.717) is 38.2 Å². The monoisotopic (exact) mass is 350 g/mol. The third-order valence-electron chi connectivity index (χ3n) is 3.54. The van der Waals surface area contributed by atoms with Gasteiger partial charge >= 0.3 is 11.9 Å². The third-order valence-corrected chi connectivity index (χ3v) is 3.54. The maximum absolute atomic E-state index is 12.0. The molecule has 25 heavy (non-hydrogen) atoms. The minimum Gasteiger partial charge on any atom is -0.465 e. The summed E-state index contributed by atoms with van der Waals surface area (Å²) in [6.45, 7) is 14.2. The lowest BCUT2D eigenvalue weighted by Gasteiger charge is -2.19. The summed E-state index contributed by atoms with van der Waals surface area (Å²) in [6, 6.07) is 0. The van der Waals surface area contributed by atoms with Gasteiger partial charge in [0.05, 0.1) is 6.61 Å². The molecule has 4 nitrogen and oxygen atoms in total. The Morgan fingerprint density at radius 3 is 2.20 bits per heavy atom. The van der Waals surface area contributed by atoms with Crippen LogP contribution in [0, 0.1) is 23.7 Å². The Kier molecular flexibility index (Phi) is 12.6. The zero-order chi connectivity index (χ0) is 19.2. The number of carbonyl (C=O) groups is 2. The van der Waals surface area contributed by atoms with E-state index in [-0.39, 0.29) is 17.9 Å². The second-order valence-corrected chi connectivity index (χ2v) is 7.01. The molecule has 4 heteroatoms. The van der Waals surface area contributed by atoms with Crippen LogP contribution < -0.4 is 0 Å². The van der Waals surface area contributed by atoms with E-state index in [0.717, 1.165) is 18.4 Å². The van der Waals surface area contributed by atoms with Crippen LogP contribution in [-0.4, -0.2) is 24.6 Å². The minimum absolute atomic E-state index is 0.187. The van der Waals surface area contributed by atoms with E-state index in [4.69, 9.17) is 9.47 Å². The van der Waals surface area contributed by atoms with E-state index in [1.807, 2.05) is 27.7 Å². The van der Waals surface area contributed by atoms with E-state index in [1.54, 1.807) is 0 Å². The Hall–Kier alpha value is -1.76. The highest BCUT2D eigenvalue weighted by molar-refractivity contribution is 5.71. The molecular formula is C21H34O4. The summed E-state index contributed by atoms with van der Waals surface area (Å²) in [5.41, 5.74) is 0.754. The van der Waals surface area contributed by atoms with Crippen molar-refractivity contribution in [2.75, 3.05) is 6.61 Å². The fraction of sp³-hybridized carbons (Fsp3) is 0.714. The van der Waals surface area contributed by atoms with Gasteiger partial charge in [0.15, 0.2) is 6.10 Å². The average molecular weight is 350 g/mol. The zero-order valence-corrected chi connectivity index (χ0v) is 16.5. The first-order chi connectivity index (χ1) is 11.8. The van der Waals surface area contributed by atoms with E-state index in [9.17, 15) is 9.59 Å². The van der Waals surface area contributed by atoms with Crippen molar-refractivity contribution in [3.8, 4) is 11.8 Å². The van der Waals surface area contributed by atoms with Gasteiger partial charge in [-0.05, 0) is 37.7 Å². The Balaban J connectivity index is 4.24. The molecule has 0 fully saturated rings. The number of allylic oxidation sites excluding steroid dienone is 1. The fourth-order valence-electron chi connectivity index (χ4n) is 2.16. The summed E-state index contributed by atoms with van der Waals surface area (Å²) in [5.74, 6) is 5.97. The van der Waals surface area contributed by atoms with Gasteiger partial charge in [-0.25, -0.2) is 0 Å². The summed E-state index contributed by atoms with van der Waals surface area (Å²) in [5, 5.41) is 0. The molecule has 0 aromatic carbocycles. The summed E-state index contributed by atoms with van der Waals surface area (Å²) in [6.07, 6.45) is 3.43. The Bertz CT molecular complexity index is 482. The highest BCUT2D eigenvalue weighted by Gasteiger charge is 2.19. The van der Waals surface area contributed by atoms with Gasteiger partial charge in [0.25, 0.3) is 0 Å². The highest BCUT2D eigenvalue weighted by atomic mass is 16.5. The molecular weight excluding hydrogens is 316 g/mol. The molecule has 0 radical (unpaired) electrons. The Labute approximate surface area is 153 Å². The molecule has 2 atom stereocenters. The Morgan fingerprint density at radius 1 is 1.08 bits per heavy atom. The molecule has 0 aliphatic heterocycles. The number of carbonyl (C=O) groups excluding carboxylic acids is 2. The Morgan fingerprint density at radius 2 is 1.68 bits per heavy atom. The first-order valence-corrected chi connectivity index (χ1v) is 9.28. The largest absolute Gasteiger partial charge is 0.465 e. The van der Waals surface area contributed by atoms with Gasteiger partial charge in [-0.3, -0.25) is 9.59 Å². The third kappa shape index (κ3) is 13.2. The van der Waals surface area contributed by atoms with Crippen molar-refractivity contribution < 1.29 is 19.1 Å². The van der Waals surface area contributed by atoms with Gasteiger partial charge in [0.1, 0.15) is 0 Å². The van der Waals surface area contributed by atoms with Crippen molar-refractivity contribution in [1.82, 2.24) is 0 Å². The average Bonchev–Trinajstić information content (AvgIpc) is 2.53. The first-order valence-electron chi connectivity index (χ1n) is 9.28. The standard InChI is InChI=1S/C21H34O4/c1-7-10-18(6)19(14-13-16(2)3)25-21(23)12-9-8-11-20(22)24-15-17(4)5/h17-19H,2,7-12,15H2,1,3-6H3. The molecule has 0 saturated carbocycles. The van der Waals surface area contributed by atoms with Crippen molar-refractivity contribution in [2.45, 2.75) is 79.2 Å². The summed E-state index contributed by atoms with van der Waals surface area (Å²) in [7, 11) is 0. The molecule has 0 bridgehead atoms. The van der Waals surface area contributed by atoms with Gasteiger partial charge in [0.2, 0.25) is 0 Å². The van der Waals surface area contributed by atoms with Crippen LogP contribution in [0.4, 0.5) is 0 Å². The van der Waals surface area contributed by atoms with Crippen LogP contribution >= 0.6 is 0 Å². The smallest absolute Gasteiger partial charge is 0.307 e. The lowest BCUT2D eigenvalue weighted by molar-refractivity contribution is -0.149. The molecule has 0 rings (SSSR count). The quantitative estimate of drug-likeness (QED) is 0.309. The van der Waals surface area contributed by atoms with Crippen LogP contribution in [-0.2, 0) is 19.1 Å². The molecule has 0 aliphatic rings. The second kappa shape index (κ2) is 13.5. The van der Waals surface area contributed by atoms with E-state index in [1.165, 1.54) is 0 Å². The maximum atomic E-state index is 12.0. The van der Waals surface area contributed by atoms with Gasteiger partial charge in [-0.15, -0.1) is 0 Å². The number of hydrogen-bond acceptors (Lipinski definition) is 4. The number of rotatable bonds is 11. The number of ether oxygens (including phenoxy) is 2. The SMILES string of the molecule is C=C(C)C#CC(OC(=O)CCCCC(=O)OCC(C)C)C(C)CCC. The first kappa shape index (κ1) is 23.2. The number of hydrogen-bond donors (Lipinski definition) is 0. The topological polar surface area (TPSA) is 52.6 Å². The van der Waals surface area contributed by atoms with Crippen LogP contribution in [0.3, 0.4) is 0 Å². The van der Waals surface area contributed by atoms with Crippen LogP contribution in [0.15, 0.2) is 12.2 Å². The molecule has 142 valence electrons. The zero-order valence-electron chi connectivity index (χ0n) is 16.5. The molecule has 0 spiro atoms. The second-order valence-electron chi connectivity index (χ2n) is 7.01. The van der Waals surface area contributed by atoms with Crippen molar-refractivity contribution in [3.63, 3.8) is 0 Å². The van der Waals surface area contributed by atoms with E-state index >= 15 is 0 Å². The maximum Gasteiger partial charge on any atom is 0.307 e. The van der Waals surface area contributed by atoms with Crippen molar-refractivity contribution in [3.05, 3.63) is 12.2 Å². The van der Waals surface area contributed by atoms with Crippen molar-refractivity contribution in [1.29, 1.82) is 0 Å². The summed E-state index contributed by atoms with van der Waals surface area (Å²) in [4.78, 5) is 23.6. The lowest BCUT2D eigenvalue weighted by Crippen LogP contribution is -2.24. The molecule has 0 saturated heterocycles. The van der Waals surface area contributed by atoms with Gasteiger partial charge < -0.3 is 9.47 Å². The van der Waals surface area contributed by atoms with Gasteiger partial charge in [-0.1, -0.05) is 52.5 Å². The van der Waals surface area contributed by atoms with Crippen LogP contribution in [0.2, 0.25) is 0 Å². The predicted molar refractivity (Wildman–Crippen MR) is 101 cm³/mol. The van der Waals surface area contributed by atoms with E-state index < -0.39 is 6.10 Å². The summed E-state index contributed by atoms with van der Waals surface area (Å²) < 4.78 is 10.6. The fourth-order valence-corrected chi connectivity index (χ4v) is 2.16. The lowest BCUT2D eigenvalue weighted by atomic mass is 9.99. The van der Waals surface area contributed by atoms with Gasteiger partial charge in [0, 0.05) is 18.8 Å². The highest BCUT2D eigenvalue weighted by Crippen LogP contribution is 2.15. The predicted octanol–water partition coefficient (Wildman–Crippen LogP) is 4.67. The molecule has 0 heterocycles. The molecule has 0 aliphatic carbocycles. The van der Waals surface area contributed by atoms with Crippen molar-refractivity contribution in [2.24, 2.45) is 11.8 Å². The van der Waals surface area contributed by atoms with Crippen molar-refractivity contribution >= 4 is 11.9 Å². The van der Waals surface area contributed by atoms with Crippen LogP contribution in [0.5, 0.6) is 0 Å². The van der Waals surface area contributed by atoms with Crippen LogP contribution in [0.1, 0.15) is 73.1 Å². The van der Waals surface area contributed by atoms with Gasteiger partial charge in [-0.2, -0.15) is 0 Å². The molecule has 0 aromatic heterocycles. The number of esters is 2. The van der Waals surface area contributed by atoms with E-state index in [2.05, 4.69) is 25.3 Å². The molecule has 2 unspecified atom stereocenters. The number of unbranched alkanes of at least 4 members (excludes halogenated alkanes) is 1. The molecule has 0 amide bonds. The molecule has 0 aromatic rings. The normalized spacial score (nSPS) is 12.7. The molecule has 0 N–H and O–H groups in total.